The Balaban J connectivity index is 1.26. The van der Waals surface area contributed by atoms with E-state index in [0.717, 1.165) is 42.6 Å². The fourth-order valence-corrected chi connectivity index (χ4v) is 6.20. The largest absolute Gasteiger partial charge is 0.347 e. The zero-order chi connectivity index (χ0) is 22.0. The van der Waals surface area contributed by atoms with E-state index in [1.54, 1.807) is 10.5 Å². The Kier molecular flexibility index (Phi) is 5.80. The molecule has 7 nitrogen and oxygen atoms in total. The number of hydrogen-bond donors (Lipinski definition) is 1. The zero-order valence-corrected chi connectivity index (χ0v) is 18.7. The Morgan fingerprint density at radius 2 is 1.91 bits per heavy atom. The maximum absolute atomic E-state index is 12.9. The SMILES string of the molecule is O=S(=O)(Cc1ccccc1)N1CCCC(Cn2ccc3cc(-c4cn[nH]n4)ccc32)CC1. The van der Waals surface area contributed by atoms with Gasteiger partial charge >= 0.3 is 0 Å². The summed E-state index contributed by atoms with van der Waals surface area (Å²) in [6.07, 6.45) is 6.67. The summed E-state index contributed by atoms with van der Waals surface area (Å²) in [5, 5.41) is 11.9. The number of nitrogens with zero attached hydrogens (tertiary/aromatic N) is 4. The van der Waals surface area contributed by atoms with Crippen molar-refractivity contribution in [3.8, 4) is 11.3 Å². The third-order valence-corrected chi connectivity index (χ3v) is 8.18. The molecule has 1 N–H and O–H groups in total. The summed E-state index contributed by atoms with van der Waals surface area (Å²) in [5.74, 6) is 0.534. The maximum atomic E-state index is 12.9. The monoisotopic (exact) mass is 449 g/mol. The normalized spacial score (nSPS) is 18.1. The van der Waals surface area contributed by atoms with Crippen LogP contribution in [0.3, 0.4) is 0 Å². The van der Waals surface area contributed by atoms with Gasteiger partial charge in [0.2, 0.25) is 10.0 Å². The van der Waals surface area contributed by atoms with Crippen LogP contribution in [0.2, 0.25) is 0 Å². The van der Waals surface area contributed by atoms with Crippen molar-refractivity contribution in [2.24, 2.45) is 5.92 Å². The van der Waals surface area contributed by atoms with Crippen LogP contribution in [0, 0.1) is 5.92 Å². The van der Waals surface area contributed by atoms with Crippen LogP contribution in [0.25, 0.3) is 22.2 Å². The fraction of sp³-hybridized carbons (Fsp3) is 0.333. The number of H-pyrrole nitrogens is 1. The maximum Gasteiger partial charge on any atom is 0.218 e. The predicted octanol–water partition coefficient (Wildman–Crippen LogP) is 4.06. The third kappa shape index (κ3) is 4.47. The van der Waals surface area contributed by atoms with E-state index in [1.165, 1.54) is 10.9 Å². The highest BCUT2D eigenvalue weighted by Crippen LogP contribution is 2.27. The van der Waals surface area contributed by atoms with Gasteiger partial charge in [-0.15, -0.1) is 0 Å². The molecule has 5 rings (SSSR count). The zero-order valence-electron chi connectivity index (χ0n) is 17.9. The minimum absolute atomic E-state index is 0.0780. The van der Waals surface area contributed by atoms with E-state index in [9.17, 15) is 8.42 Å². The molecule has 0 spiro atoms. The van der Waals surface area contributed by atoms with Gasteiger partial charge < -0.3 is 4.57 Å². The van der Waals surface area contributed by atoms with Gasteiger partial charge in [0.15, 0.2) is 0 Å². The highest BCUT2D eigenvalue weighted by atomic mass is 32.2. The van der Waals surface area contributed by atoms with Gasteiger partial charge in [-0.2, -0.15) is 15.4 Å². The van der Waals surface area contributed by atoms with E-state index in [0.29, 0.717) is 19.0 Å². The summed E-state index contributed by atoms with van der Waals surface area (Å²) in [6, 6.07) is 17.9. The first-order valence-electron chi connectivity index (χ1n) is 11.1. The Hall–Kier alpha value is -2.97. The Labute approximate surface area is 188 Å². The van der Waals surface area contributed by atoms with Crippen molar-refractivity contribution in [2.45, 2.75) is 31.6 Å². The van der Waals surface area contributed by atoms with Crippen molar-refractivity contribution >= 4 is 20.9 Å². The lowest BCUT2D eigenvalue weighted by Crippen LogP contribution is -2.33. The number of hydrogen-bond acceptors (Lipinski definition) is 4. The van der Waals surface area contributed by atoms with Crippen molar-refractivity contribution in [2.75, 3.05) is 13.1 Å². The smallest absolute Gasteiger partial charge is 0.218 e. The standard InChI is InChI=1S/C24H27N5O2S/c30-32(31,18-20-5-2-1-3-6-20)29-12-4-7-19(10-14-29)17-28-13-11-22-15-21(8-9-24(22)28)23-16-25-27-26-23/h1-3,5-6,8-9,11,13,15-16,19H,4,7,10,12,14,17-18H2,(H,25,26,27). The van der Waals surface area contributed by atoms with Crippen LogP contribution in [0.1, 0.15) is 24.8 Å². The number of fused-ring (bicyclic) bond motifs is 1. The molecule has 1 aliphatic rings. The van der Waals surface area contributed by atoms with Gasteiger partial charge in [0.25, 0.3) is 0 Å². The minimum Gasteiger partial charge on any atom is -0.347 e. The van der Waals surface area contributed by atoms with Gasteiger partial charge in [-0.25, -0.2) is 12.7 Å². The summed E-state index contributed by atoms with van der Waals surface area (Å²) in [5.41, 5.74) is 3.91. The number of nitrogens with one attached hydrogen (secondary N) is 1. The molecule has 2 aromatic heterocycles. The van der Waals surface area contributed by atoms with Crippen molar-refractivity contribution in [3.63, 3.8) is 0 Å². The van der Waals surface area contributed by atoms with Gasteiger partial charge in [0.05, 0.1) is 11.9 Å². The molecule has 3 heterocycles. The van der Waals surface area contributed by atoms with E-state index < -0.39 is 10.0 Å². The van der Waals surface area contributed by atoms with Crippen LogP contribution in [0.15, 0.2) is 67.0 Å². The molecule has 0 radical (unpaired) electrons. The van der Waals surface area contributed by atoms with Crippen LogP contribution in [0.5, 0.6) is 0 Å². The van der Waals surface area contributed by atoms with E-state index in [2.05, 4.69) is 50.4 Å². The topological polar surface area (TPSA) is 83.9 Å². The second kappa shape index (κ2) is 8.88. The minimum atomic E-state index is -3.29. The number of sulfonamides is 1. The third-order valence-electron chi connectivity index (χ3n) is 6.33. The molecule has 2 aromatic carbocycles. The summed E-state index contributed by atoms with van der Waals surface area (Å²) < 4.78 is 29.9. The first-order chi connectivity index (χ1) is 15.6. The lowest BCUT2D eigenvalue weighted by molar-refractivity contribution is 0.388. The Bertz CT molecular complexity index is 1280. The van der Waals surface area contributed by atoms with Gasteiger partial charge in [-0.3, -0.25) is 0 Å². The van der Waals surface area contributed by atoms with Crippen molar-refractivity contribution in [3.05, 3.63) is 72.6 Å². The Morgan fingerprint density at radius 3 is 2.72 bits per heavy atom. The molecule has 166 valence electrons. The van der Waals surface area contributed by atoms with Crippen molar-refractivity contribution in [1.29, 1.82) is 0 Å². The summed E-state index contributed by atoms with van der Waals surface area (Å²) in [6.45, 7) is 2.11. The second-order valence-electron chi connectivity index (χ2n) is 8.53. The number of benzene rings is 2. The molecule has 1 fully saturated rings. The lowest BCUT2D eigenvalue weighted by Gasteiger charge is -2.20. The van der Waals surface area contributed by atoms with Gasteiger partial charge in [0.1, 0.15) is 5.69 Å². The van der Waals surface area contributed by atoms with Gasteiger partial charge in [-0.05, 0) is 48.9 Å². The molecule has 4 aromatic rings. The highest BCUT2D eigenvalue weighted by molar-refractivity contribution is 7.88. The number of aromatic nitrogens is 4. The summed E-state index contributed by atoms with van der Waals surface area (Å²) >= 11 is 0. The molecular weight excluding hydrogens is 422 g/mol. The highest BCUT2D eigenvalue weighted by Gasteiger charge is 2.26. The summed E-state index contributed by atoms with van der Waals surface area (Å²) in [4.78, 5) is 0. The first kappa shape index (κ1) is 20.9. The van der Waals surface area contributed by atoms with Crippen LogP contribution in [0.4, 0.5) is 0 Å². The van der Waals surface area contributed by atoms with Crippen LogP contribution in [-0.2, 0) is 22.3 Å². The average molecular weight is 450 g/mol. The van der Waals surface area contributed by atoms with E-state index in [4.69, 9.17) is 0 Å². The van der Waals surface area contributed by atoms with Crippen LogP contribution < -0.4 is 0 Å². The second-order valence-corrected chi connectivity index (χ2v) is 10.5. The molecular formula is C24H27N5O2S. The Morgan fingerprint density at radius 1 is 1.03 bits per heavy atom. The summed E-state index contributed by atoms with van der Waals surface area (Å²) in [7, 11) is -3.29. The van der Waals surface area contributed by atoms with E-state index in [1.807, 2.05) is 30.3 Å². The molecule has 1 aliphatic heterocycles. The molecule has 0 aliphatic carbocycles. The first-order valence-corrected chi connectivity index (χ1v) is 12.7. The molecule has 0 amide bonds. The molecule has 1 unspecified atom stereocenters. The average Bonchev–Trinajstić information content (AvgIpc) is 3.40. The molecule has 8 heteroatoms. The van der Waals surface area contributed by atoms with Crippen LogP contribution >= 0.6 is 0 Å². The van der Waals surface area contributed by atoms with Crippen molar-refractivity contribution < 1.29 is 8.42 Å². The van der Waals surface area contributed by atoms with Crippen LogP contribution in [-0.4, -0.2) is 45.8 Å². The fourth-order valence-electron chi connectivity index (χ4n) is 4.61. The number of aromatic amines is 1. The molecule has 1 saturated heterocycles. The molecule has 1 atom stereocenters. The van der Waals surface area contributed by atoms with E-state index in [-0.39, 0.29) is 5.75 Å². The predicted molar refractivity (Wildman–Crippen MR) is 125 cm³/mol. The van der Waals surface area contributed by atoms with E-state index >= 15 is 0 Å². The lowest BCUT2D eigenvalue weighted by atomic mass is 10.0. The number of rotatable bonds is 6. The van der Waals surface area contributed by atoms with Gasteiger partial charge in [0, 0.05) is 42.3 Å². The van der Waals surface area contributed by atoms with Crippen molar-refractivity contribution in [1.82, 2.24) is 24.3 Å². The quantitative estimate of drug-likeness (QED) is 0.481. The van der Waals surface area contributed by atoms with Gasteiger partial charge in [-0.1, -0.05) is 36.4 Å². The molecule has 32 heavy (non-hydrogen) atoms. The molecule has 0 bridgehead atoms. The molecule has 0 saturated carbocycles.